The first-order valence-corrected chi connectivity index (χ1v) is 9.40. The Bertz CT molecular complexity index is 749. The fraction of sp³-hybridized carbons (Fsp3) is 0.667. The number of piperidine rings is 2. The van der Waals surface area contributed by atoms with Gasteiger partial charge in [-0.3, -0.25) is 4.79 Å². The number of aromatic nitrogens is 4. The number of hydrogen-bond donors (Lipinski definition) is 0. The summed E-state index contributed by atoms with van der Waals surface area (Å²) in [6, 6.07) is 3.95. The first-order valence-electron chi connectivity index (χ1n) is 9.40. The van der Waals surface area contributed by atoms with Gasteiger partial charge in [0.2, 0.25) is 5.91 Å². The van der Waals surface area contributed by atoms with Gasteiger partial charge in [-0.05, 0) is 57.8 Å². The first-order chi connectivity index (χ1) is 12.2. The van der Waals surface area contributed by atoms with Gasteiger partial charge in [0.25, 0.3) is 0 Å². The molecule has 2 aromatic rings. The highest BCUT2D eigenvalue weighted by atomic mass is 16.2. The van der Waals surface area contributed by atoms with Crippen LogP contribution in [0.15, 0.2) is 12.1 Å². The van der Waals surface area contributed by atoms with Gasteiger partial charge in [0.15, 0.2) is 11.5 Å². The maximum Gasteiger partial charge on any atom is 0.222 e. The average molecular weight is 342 g/mol. The zero-order valence-electron chi connectivity index (χ0n) is 14.9. The molecule has 0 N–H and O–H groups in total. The molecule has 7 heteroatoms. The molecule has 0 bridgehead atoms. The average Bonchev–Trinajstić information content (AvgIpc) is 3.04. The molecule has 0 aromatic carbocycles. The van der Waals surface area contributed by atoms with Gasteiger partial charge in [-0.2, -0.15) is 9.61 Å². The van der Waals surface area contributed by atoms with Crippen LogP contribution >= 0.6 is 0 Å². The molecule has 0 unspecified atom stereocenters. The van der Waals surface area contributed by atoms with Crippen LogP contribution < -0.4 is 0 Å². The van der Waals surface area contributed by atoms with Crippen molar-refractivity contribution in [3.63, 3.8) is 0 Å². The zero-order chi connectivity index (χ0) is 17.2. The second-order valence-corrected chi connectivity index (χ2v) is 7.26. The molecule has 0 atom stereocenters. The van der Waals surface area contributed by atoms with Gasteiger partial charge in [0.1, 0.15) is 0 Å². The summed E-state index contributed by atoms with van der Waals surface area (Å²) in [6.45, 7) is 6.88. The highest BCUT2D eigenvalue weighted by Gasteiger charge is 2.26. The minimum Gasteiger partial charge on any atom is -0.341 e. The lowest BCUT2D eigenvalue weighted by molar-refractivity contribution is -0.133. The van der Waals surface area contributed by atoms with Crippen molar-refractivity contribution in [2.75, 3.05) is 32.7 Å². The normalized spacial score (nSPS) is 20.5. The van der Waals surface area contributed by atoms with Crippen LogP contribution in [0.2, 0.25) is 0 Å². The predicted molar refractivity (Wildman–Crippen MR) is 94.4 cm³/mol. The van der Waals surface area contributed by atoms with Crippen molar-refractivity contribution in [2.45, 2.75) is 44.9 Å². The molecule has 7 nitrogen and oxygen atoms in total. The Morgan fingerprint density at radius 2 is 1.92 bits per heavy atom. The third-order valence-electron chi connectivity index (χ3n) is 5.48. The Morgan fingerprint density at radius 3 is 2.72 bits per heavy atom. The molecule has 2 aromatic heterocycles. The van der Waals surface area contributed by atoms with E-state index in [0.29, 0.717) is 11.8 Å². The molecule has 25 heavy (non-hydrogen) atoms. The van der Waals surface area contributed by atoms with Gasteiger partial charge < -0.3 is 9.80 Å². The van der Waals surface area contributed by atoms with Crippen molar-refractivity contribution >= 4 is 11.6 Å². The number of rotatable bonds is 4. The molecule has 0 spiro atoms. The van der Waals surface area contributed by atoms with E-state index in [1.807, 2.05) is 28.5 Å². The summed E-state index contributed by atoms with van der Waals surface area (Å²) < 4.78 is 1.90. The van der Waals surface area contributed by atoms with E-state index in [-0.39, 0.29) is 0 Å². The van der Waals surface area contributed by atoms with Crippen molar-refractivity contribution in [1.82, 2.24) is 29.6 Å². The standard InChI is InChI=1S/C18H26N6O/c1-14-5-6-16-19-20-18(24(16)21-14)15-7-10-22(11-8-15)12-13-23-9-3-2-4-17(23)25/h5-6,15H,2-4,7-13H2,1H3. The molecule has 4 heterocycles. The monoisotopic (exact) mass is 342 g/mol. The lowest BCUT2D eigenvalue weighted by Gasteiger charge is -2.34. The molecular formula is C18H26N6O. The Morgan fingerprint density at radius 1 is 1.08 bits per heavy atom. The van der Waals surface area contributed by atoms with E-state index in [4.69, 9.17) is 0 Å². The van der Waals surface area contributed by atoms with Crippen molar-refractivity contribution in [2.24, 2.45) is 0 Å². The Hall–Kier alpha value is -2.02. The summed E-state index contributed by atoms with van der Waals surface area (Å²) in [6.07, 6.45) is 5.09. The molecule has 4 rings (SSSR count). The fourth-order valence-corrected chi connectivity index (χ4v) is 3.93. The molecule has 2 saturated heterocycles. The summed E-state index contributed by atoms with van der Waals surface area (Å²) in [7, 11) is 0. The summed E-state index contributed by atoms with van der Waals surface area (Å²) in [5, 5.41) is 13.2. The molecule has 2 aliphatic heterocycles. The predicted octanol–water partition coefficient (Wildman–Crippen LogP) is 1.62. The molecular weight excluding hydrogens is 316 g/mol. The molecule has 2 aliphatic rings. The van der Waals surface area contributed by atoms with Gasteiger partial charge in [0.05, 0.1) is 5.69 Å². The van der Waals surface area contributed by atoms with Crippen LogP contribution in [0.3, 0.4) is 0 Å². The largest absolute Gasteiger partial charge is 0.341 e. The quantitative estimate of drug-likeness (QED) is 0.845. The number of aryl methyl sites for hydroxylation is 1. The van der Waals surface area contributed by atoms with E-state index < -0.39 is 0 Å². The second kappa shape index (κ2) is 7.07. The summed E-state index contributed by atoms with van der Waals surface area (Å²) in [5.74, 6) is 1.74. The van der Waals surface area contributed by atoms with E-state index in [1.165, 1.54) is 0 Å². The number of amides is 1. The van der Waals surface area contributed by atoms with Crippen LogP contribution in [0, 0.1) is 6.92 Å². The molecule has 2 fully saturated rings. The van der Waals surface area contributed by atoms with Gasteiger partial charge >= 0.3 is 0 Å². The third-order valence-corrected chi connectivity index (χ3v) is 5.48. The van der Waals surface area contributed by atoms with Crippen LogP contribution in [0.5, 0.6) is 0 Å². The molecule has 0 aliphatic carbocycles. The number of carbonyl (C=O) groups is 1. The summed E-state index contributed by atoms with van der Waals surface area (Å²) in [4.78, 5) is 16.4. The molecule has 1 amide bonds. The van der Waals surface area contributed by atoms with Gasteiger partial charge in [-0.1, -0.05) is 0 Å². The summed E-state index contributed by atoms with van der Waals surface area (Å²) >= 11 is 0. The highest BCUT2D eigenvalue weighted by molar-refractivity contribution is 5.76. The minimum atomic E-state index is 0.331. The van der Waals surface area contributed by atoms with Crippen LogP contribution in [-0.2, 0) is 4.79 Å². The van der Waals surface area contributed by atoms with Crippen LogP contribution in [0.25, 0.3) is 5.65 Å². The zero-order valence-corrected chi connectivity index (χ0v) is 14.9. The molecule has 0 saturated carbocycles. The topological polar surface area (TPSA) is 66.6 Å². The first kappa shape index (κ1) is 16.4. The number of likely N-dealkylation sites (tertiary alicyclic amines) is 2. The van der Waals surface area contributed by atoms with E-state index in [2.05, 4.69) is 20.2 Å². The highest BCUT2D eigenvalue weighted by Crippen LogP contribution is 2.26. The lowest BCUT2D eigenvalue weighted by atomic mass is 9.96. The number of fused-ring (bicyclic) bond motifs is 1. The Labute approximate surface area is 148 Å². The van der Waals surface area contributed by atoms with E-state index >= 15 is 0 Å². The van der Waals surface area contributed by atoms with E-state index in [0.717, 1.165) is 82.0 Å². The van der Waals surface area contributed by atoms with E-state index in [9.17, 15) is 4.79 Å². The van der Waals surface area contributed by atoms with Gasteiger partial charge in [-0.15, -0.1) is 10.2 Å². The van der Waals surface area contributed by atoms with Crippen LogP contribution in [0.4, 0.5) is 0 Å². The summed E-state index contributed by atoms with van der Waals surface area (Å²) in [5.41, 5.74) is 1.81. The van der Waals surface area contributed by atoms with Crippen LogP contribution in [-0.4, -0.2) is 68.2 Å². The number of hydrogen-bond acceptors (Lipinski definition) is 5. The van der Waals surface area contributed by atoms with Crippen molar-refractivity contribution in [1.29, 1.82) is 0 Å². The third kappa shape index (κ3) is 3.51. The molecule has 134 valence electrons. The smallest absolute Gasteiger partial charge is 0.222 e. The van der Waals surface area contributed by atoms with Gasteiger partial charge in [0, 0.05) is 32.0 Å². The second-order valence-electron chi connectivity index (χ2n) is 7.26. The van der Waals surface area contributed by atoms with Gasteiger partial charge in [-0.25, -0.2) is 0 Å². The van der Waals surface area contributed by atoms with Crippen molar-refractivity contribution in [3.05, 3.63) is 23.7 Å². The maximum atomic E-state index is 11.9. The maximum absolute atomic E-state index is 11.9. The van der Waals surface area contributed by atoms with E-state index in [1.54, 1.807) is 0 Å². The number of carbonyl (C=O) groups excluding carboxylic acids is 1. The van der Waals surface area contributed by atoms with Crippen molar-refractivity contribution in [3.8, 4) is 0 Å². The lowest BCUT2D eigenvalue weighted by Crippen LogP contribution is -2.43. The molecule has 0 radical (unpaired) electrons. The Balaban J connectivity index is 1.33. The number of nitrogens with zero attached hydrogens (tertiary/aromatic N) is 6. The minimum absolute atomic E-state index is 0.331. The van der Waals surface area contributed by atoms with Crippen molar-refractivity contribution < 1.29 is 4.79 Å². The Kier molecular flexibility index (Phi) is 4.65. The SMILES string of the molecule is Cc1ccc2nnc(C3CCN(CCN4CCCCC4=O)CC3)n2n1. The van der Waals surface area contributed by atoms with Crippen LogP contribution in [0.1, 0.15) is 49.5 Å². The fourth-order valence-electron chi connectivity index (χ4n) is 3.93.